The van der Waals surface area contributed by atoms with E-state index in [2.05, 4.69) is 38.7 Å². The average Bonchev–Trinajstić information content (AvgIpc) is 3.18. The molecule has 2 aliphatic rings. The number of anilines is 2. The highest BCUT2D eigenvalue weighted by Crippen LogP contribution is 2.27. The van der Waals surface area contributed by atoms with E-state index in [4.69, 9.17) is 23.2 Å². The van der Waals surface area contributed by atoms with Crippen LogP contribution in [0.5, 0.6) is 0 Å². The van der Waals surface area contributed by atoms with Crippen LogP contribution in [0, 0.1) is 6.92 Å². The Morgan fingerprint density at radius 1 is 0.917 bits per heavy atom. The van der Waals surface area contributed by atoms with Gasteiger partial charge < -0.3 is 19.3 Å². The molecule has 36 heavy (non-hydrogen) atoms. The van der Waals surface area contributed by atoms with Gasteiger partial charge in [0.1, 0.15) is 11.5 Å². The molecule has 0 atom stereocenters. The highest BCUT2D eigenvalue weighted by atomic mass is 35.5. The zero-order valence-electron chi connectivity index (χ0n) is 20.8. The van der Waals surface area contributed by atoms with Gasteiger partial charge in [-0.1, -0.05) is 35.3 Å². The maximum atomic E-state index is 13.4. The maximum absolute atomic E-state index is 13.4. The molecular weight excluding hydrogens is 495 g/mol. The molecule has 190 valence electrons. The summed E-state index contributed by atoms with van der Waals surface area (Å²) in [4.78, 5) is 26.8. The summed E-state index contributed by atoms with van der Waals surface area (Å²) in [7, 11) is 1.99. The van der Waals surface area contributed by atoms with Crippen molar-refractivity contribution in [3.05, 3.63) is 75.7 Å². The predicted molar refractivity (Wildman–Crippen MR) is 146 cm³/mol. The third-order valence-corrected chi connectivity index (χ3v) is 7.97. The van der Waals surface area contributed by atoms with Gasteiger partial charge in [-0.05, 0) is 42.8 Å². The first kappa shape index (κ1) is 24.9. The predicted octanol–water partition coefficient (Wildman–Crippen LogP) is 4.32. The fourth-order valence-corrected chi connectivity index (χ4v) is 5.50. The van der Waals surface area contributed by atoms with Gasteiger partial charge in [-0.2, -0.15) is 0 Å². The SMILES string of the molecule is Cc1c(CN2CCN(c3ccccc3Cl)CC2)cc(C(=O)N2CCN(c3cc(Cl)ccn3)CC2)n1C. The highest BCUT2D eigenvalue weighted by molar-refractivity contribution is 6.33. The van der Waals surface area contributed by atoms with Crippen molar-refractivity contribution < 1.29 is 4.79 Å². The van der Waals surface area contributed by atoms with Crippen molar-refractivity contribution >= 4 is 40.6 Å². The van der Waals surface area contributed by atoms with Crippen molar-refractivity contribution in [2.75, 3.05) is 62.2 Å². The lowest BCUT2D eigenvalue weighted by Crippen LogP contribution is -2.49. The van der Waals surface area contributed by atoms with Gasteiger partial charge in [-0.15, -0.1) is 0 Å². The number of aromatic nitrogens is 2. The number of pyridine rings is 1. The summed E-state index contributed by atoms with van der Waals surface area (Å²) < 4.78 is 2.04. The number of piperazine rings is 2. The average molecular weight is 528 g/mol. The van der Waals surface area contributed by atoms with Gasteiger partial charge in [0.2, 0.25) is 0 Å². The molecule has 7 nitrogen and oxygen atoms in total. The van der Waals surface area contributed by atoms with Crippen LogP contribution in [0.2, 0.25) is 10.0 Å². The number of benzene rings is 1. The first-order chi connectivity index (χ1) is 17.4. The minimum absolute atomic E-state index is 0.0918. The van der Waals surface area contributed by atoms with Crippen LogP contribution < -0.4 is 9.80 Å². The van der Waals surface area contributed by atoms with Crippen LogP contribution in [-0.4, -0.2) is 77.6 Å². The highest BCUT2D eigenvalue weighted by Gasteiger charge is 2.27. The number of nitrogens with zero attached hydrogens (tertiary/aromatic N) is 6. The molecule has 5 rings (SSSR count). The third kappa shape index (κ3) is 5.19. The van der Waals surface area contributed by atoms with Crippen molar-refractivity contribution in [2.45, 2.75) is 13.5 Å². The first-order valence-electron chi connectivity index (χ1n) is 12.4. The Bertz CT molecular complexity index is 1230. The van der Waals surface area contributed by atoms with E-state index < -0.39 is 0 Å². The number of hydrogen-bond acceptors (Lipinski definition) is 5. The van der Waals surface area contributed by atoms with Crippen LogP contribution in [0.1, 0.15) is 21.7 Å². The molecule has 1 aromatic carbocycles. The fraction of sp³-hybridized carbons (Fsp3) is 0.407. The summed E-state index contributed by atoms with van der Waals surface area (Å²) in [5.41, 5.74) is 4.22. The Hall–Kier alpha value is -2.74. The maximum Gasteiger partial charge on any atom is 0.270 e. The summed E-state index contributed by atoms with van der Waals surface area (Å²) in [5.74, 6) is 0.954. The van der Waals surface area contributed by atoms with E-state index in [0.29, 0.717) is 18.1 Å². The van der Waals surface area contributed by atoms with Crippen molar-refractivity contribution in [2.24, 2.45) is 7.05 Å². The van der Waals surface area contributed by atoms with Crippen molar-refractivity contribution in [3.63, 3.8) is 0 Å². The van der Waals surface area contributed by atoms with Crippen LogP contribution in [0.25, 0.3) is 0 Å². The number of amides is 1. The van der Waals surface area contributed by atoms with E-state index in [1.54, 1.807) is 12.3 Å². The summed E-state index contributed by atoms with van der Waals surface area (Å²) in [6.07, 6.45) is 1.72. The fourth-order valence-electron chi connectivity index (χ4n) is 5.09. The zero-order chi connectivity index (χ0) is 25.2. The number of carbonyl (C=O) groups excluding carboxylic acids is 1. The number of halogens is 2. The Balaban J connectivity index is 1.19. The lowest BCUT2D eigenvalue weighted by molar-refractivity contribution is 0.0736. The van der Waals surface area contributed by atoms with Crippen LogP contribution in [0.4, 0.5) is 11.5 Å². The lowest BCUT2D eigenvalue weighted by atomic mass is 10.2. The van der Waals surface area contributed by atoms with E-state index >= 15 is 0 Å². The molecule has 2 saturated heterocycles. The standard InChI is InChI=1S/C27H32Cl2N6O/c1-20-21(19-32-9-11-33(12-10-32)24-6-4-3-5-23(24)29)17-25(31(20)2)27(36)35-15-13-34(14-16-35)26-18-22(28)7-8-30-26/h3-8,17-18H,9-16,19H2,1-2H3. The van der Waals surface area contributed by atoms with Crippen molar-refractivity contribution in [1.82, 2.24) is 19.4 Å². The summed E-state index contributed by atoms with van der Waals surface area (Å²) in [6, 6.07) is 13.8. The minimum atomic E-state index is 0.0918. The largest absolute Gasteiger partial charge is 0.368 e. The molecule has 0 aliphatic carbocycles. The summed E-state index contributed by atoms with van der Waals surface area (Å²) >= 11 is 12.5. The molecule has 2 aliphatic heterocycles. The van der Waals surface area contributed by atoms with Gasteiger partial charge >= 0.3 is 0 Å². The quantitative estimate of drug-likeness (QED) is 0.495. The van der Waals surface area contributed by atoms with Crippen LogP contribution in [0.15, 0.2) is 48.7 Å². The molecule has 2 fully saturated rings. The monoisotopic (exact) mass is 526 g/mol. The second-order valence-electron chi connectivity index (χ2n) is 9.53. The Labute approximate surface area is 222 Å². The van der Waals surface area contributed by atoms with Gasteiger partial charge in [0.05, 0.1) is 10.7 Å². The van der Waals surface area contributed by atoms with Crippen molar-refractivity contribution in [1.29, 1.82) is 0 Å². The number of carbonyl (C=O) groups is 1. The van der Waals surface area contributed by atoms with Gasteiger partial charge in [-0.25, -0.2) is 4.98 Å². The summed E-state index contributed by atoms with van der Waals surface area (Å²) in [6.45, 7) is 9.56. The van der Waals surface area contributed by atoms with E-state index in [1.165, 1.54) is 5.56 Å². The third-order valence-electron chi connectivity index (χ3n) is 7.42. The molecule has 9 heteroatoms. The topological polar surface area (TPSA) is 47.9 Å². The summed E-state index contributed by atoms with van der Waals surface area (Å²) in [5, 5.41) is 1.48. The molecule has 1 amide bonds. The zero-order valence-corrected chi connectivity index (χ0v) is 22.3. The van der Waals surface area contributed by atoms with Gasteiger partial charge in [0.15, 0.2) is 0 Å². The smallest absolute Gasteiger partial charge is 0.270 e. The molecule has 0 unspecified atom stereocenters. The Morgan fingerprint density at radius 3 is 2.31 bits per heavy atom. The molecule has 3 aromatic rings. The lowest BCUT2D eigenvalue weighted by Gasteiger charge is -2.36. The van der Waals surface area contributed by atoms with Crippen molar-refractivity contribution in [3.8, 4) is 0 Å². The van der Waals surface area contributed by atoms with Gasteiger partial charge in [0.25, 0.3) is 5.91 Å². The molecule has 0 radical (unpaired) electrons. The molecule has 0 bridgehead atoms. The number of para-hydroxylation sites is 1. The Kier molecular flexibility index (Phi) is 7.42. The van der Waals surface area contributed by atoms with E-state index in [1.807, 2.05) is 40.8 Å². The Morgan fingerprint density at radius 2 is 1.61 bits per heavy atom. The van der Waals surface area contributed by atoms with E-state index in [9.17, 15) is 4.79 Å². The minimum Gasteiger partial charge on any atom is -0.368 e. The molecule has 2 aromatic heterocycles. The van der Waals surface area contributed by atoms with Crippen LogP contribution in [0.3, 0.4) is 0 Å². The second-order valence-corrected chi connectivity index (χ2v) is 10.4. The molecule has 4 heterocycles. The molecule has 0 N–H and O–H groups in total. The molecular formula is C27H32Cl2N6O. The number of rotatable bonds is 5. The molecule has 0 saturated carbocycles. The van der Waals surface area contributed by atoms with E-state index in [-0.39, 0.29) is 5.91 Å². The van der Waals surface area contributed by atoms with Crippen LogP contribution >= 0.6 is 23.2 Å². The first-order valence-corrected chi connectivity index (χ1v) is 13.2. The second kappa shape index (κ2) is 10.7. The van der Waals surface area contributed by atoms with Gasteiger partial charge in [0, 0.05) is 82.9 Å². The van der Waals surface area contributed by atoms with E-state index in [0.717, 1.165) is 73.7 Å². The van der Waals surface area contributed by atoms with Gasteiger partial charge in [-0.3, -0.25) is 9.69 Å². The van der Waals surface area contributed by atoms with Crippen LogP contribution in [-0.2, 0) is 13.6 Å². The normalized spacial score (nSPS) is 17.1. The molecule has 0 spiro atoms. The number of hydrogen-bond donors (Lipinski definition) is 0.